The normalized spacial score (nSPS) is 10.5. The lowest BCUT2D eigenvalue weighted by Crippen LogP contribution is -2.32. The Hall–Kier alpha value is -4.85. The maximum atomic E-state index is 12.5. The molecule has 1 aromatic heterocycles. The second-order valence-electron chi connectivity index (χ2n) is 8.46. The molecule has 0 fully saturated rings. The molecule has 3 amide bonds. The monoisotopic (exact) mass is 496 g/mol. The SMILES string of the molecule is COc1ccccc1NC(=O)c1ccc(NC(=O)CNC(=O)c2ccc(-n3c(C)ccc3C)cc2)cc1. The lowest BCUT2D eigenvalue weighted by molar-refractivity contribution is -0.115. The van der Waals surface area contributed by atoms with Gasteiger partial charge in [0.1, 0.15) is 5.75 Å². The van der Waals surface area contributed by atoms with Crippen LogP contribution in [0.3, 0.4) is 0 Å². The predicted octanol–water partition coefficient (Wildman–Crippen LogP) is 4.72. The summed E-state index contributed by atoms with van der Waals surface area (Å²) in [7, 11) is 1.53. The Morgan fingerprint density at radius 2 is 1.32 bits per heavy atom. The molecule has 0 aliphatic carbocycles. The maximum absolute atomic E-state index is 12.5. The molecule has 0 aliphatic rings. The molecule has 0 saturated carbocycles. The van der Waals surface area contributed by atoms with E-state index in [1.54, 1.807) is 54.6 Å². The second kappa shape index (κ2) is 11.3. The van der Waals surface area contributed by atoms with Gasteiger partial charge < -0.3 is 25.3 Å². The first kappa shape index (κ1) is 25.2. The molecule has 0 bridgehead atoms. The molecule has 37 heavy (non-hydrogen) atoms. The van der Waals surface area contributed by atoms with E-state index in [1.165, 1.54) is 7.11 Å². The minimum Gasteiger partial charge on any atom is -0.495 e. The fourth-order valence-electron chi connectivity index (χ4n) is 3.95. The third-order valence-electron chi connectivity index (χ3n) is 5.85. The number of benzene rings is 3. The van der Waals surface area contributed by atoms with Gasteiger partial charge in [0.25, 0.3) is 11.8 Å². The third kappa shape index (κ3) is 6.05. The van der Waals surface area contributed by atoms with Crippen LogP contribution in [0.15, 0.2) is 84.9 Å². The number of nitrogens with one attached hydrogen (secondary N) is 3. The number of aromatic nitrogens is 1. The first-order valence-corrected chi connectivity index (χ1v) is 11.7. The number of carbonyl (C=O) groups is 3. The van der Waals surface area contributed by atoms with Crippen LogP contribution in [-0.4, -0.2) is 35.9 Å². The zero-order chi connectivity index (χ0) is 26.4. The molecule has 0 unspecified atom stereocenters. The highest BCUT2D eigenvalue weighted by molar-refractivity contribution is 6.05. The Balaban J connectivity index is 1.29. The van der Waals surface area contributed by atoms with Crippen LogP contribution in [-0.2, 0) is 4.79 Å². The van der Waals surface area contributed by atoms with Crippen molar-refractivity contribution < 1.29 is 19.1 Å². The summed E-state index contributed by atoms with van der Waals surface area (Å²) in [5.41, 5.74) is 5.14. The minimum absolute atomic E-state index is 0.188. The van der Waals surface area contributed by atoms with E-state index in [2.05, 4.69) is 20.5 Å². The standard InChI is InChI=1S/C29H28N4O4/c1-19-8-9-20(2)33(19)24-16-12-21(13-17-24)28(35)30-18-27(34)31-23-14-10-22(11-15-23)29(36)32-25-6-4-5-7-26(25)37-3/h4-17H,18H2,1-3H3,(H,30,35)(H,31,34)(H,32,36). The van der Waals surface area contributed by atoms with Crippen molar-refractivity contribution in [3.63, 3.8) is 0 Å². The van der Waals surface area contributed by atoms with E-state index < -0.39 is 0 Å². The fourth-order valence-corrected chi connectivity index (χ4v) is 3.95. The number of hydrogen-bond acceptors (Lipinski definition) is 4. The highest BCUT2D eigenvalue weighted by atomic mass is 16.5. The average molecular weight is 497 g/mol. The average Bonchev–Trinajstić information content (AvgIpc) is 3.25. The molecule has 0 aliphatic heterocycles. The topological polar surface area (TPSA) is 101 Å². The number of methoxy groups -OCH3 is 1. The highest BCUT2D eigenvalue weighted by Gasteiger charge is 2.12. The van der Waals surface area contributed by atoms with E-state index in [9.17, 15) is 14.4 Å². The van der Waals surface area contributed by atoms with E-state index in [1.807, 2.05) is 44.2 Å². The van der Waals surface area contributed by atoms with Crippen molar-refractivity contribution in [2.75, 3.05) is 24.3 Å². The van der Waals surface area contributed by atoms with Crippen LogP contribution < -0.4 is 20.7 Å². The first-order chi connectivity index (χ1) is 17.9. The molecule has 0 atom stereocenters. The summed E-state index contributed by atoms with van der Waals surface area (Å²) in [6.45, 7) is 3.86. The van der Waals surface area contributed by atoms with Gasteiger partial charge in [-0.05, 0) is 86.6 Å². The lowest BCUT2D eigenvalue weighted by atomic mass is 10.1. The molecule has 3 N–H and O–H groups in total. The van der Waals surface area contributed by atoms with Gasteiger partial charge in [0.15, 0.2) is 0 Å². The number of rotatable bonds is 8. The first-order valence-electron chi connectivity index (χ1n) is 11.7. The van der Waals surface area contributed by atoms with Gasteiger partial charge in [-0.3, -0.25) is 14.4 Å². The number of anilines is 2. The quantitative estimate of drug-likeness (QED) is 0.328. The number of ether oxygens (including phenoxy) is 1. The van der Waals surface area contributed by atoms with Crippen LogP contribution in [0, 0.1) is 13.8 Å². The Morgan fingerprint density at radius 3 is 1.97 bits per heavy atom. The summed E-state index contributed by atoms with van der Waals surface area (Å²) in [4.78, 5) is 37.4. The van der Waals surface area contributed by atoms with Crippen molar-refractivity contribution in [1.29, 1.82) is 0 Å². The lowest BCUT2D eigenvalue weighted by Gasteiger charge is -2.11. The number of amides is 3. The Bertz CT molecular complexity index is 1400. The number of nitrogens with zero attached hydrogens (tertiary/aromatic N) is 1. The van der Waals surface area contributed by atoms with E-state index in [-0.39, 0.29) is 24.3 Å². The summed E-state index contributed by atoms with van der Waals surface area (Å²) in [5, 5.41) is 8.15. The van der Waals surface area contributed by atoms with Crippen LogP contribution in [0.4, 0.5) is 11.4 Å². The molecule has 0 spiro atoms. The van der Waals surface area contributed by atoms with Crippen LogP contribution in [0.1, 0.15) is 32.1 Å². The summed E-state index contributed by atoms with van der Waals surface area (Å²) >= 11 is 0. The van der Waals surface area contributed by atoms with Crippen molar-refractivity contribution in [2.45, 2.75) is 13.8 Å². The Kier molecular flexibility index (Phi) is 7.68. The van der Waals surface area contributed by atoms with Crippen molar-refractivity contribution in [1.82, 2.24) is 9.88 Å². The summed E-state index contributed by atoms with van der Waals surface area (Å²) in [5.74, 6) is -0.465. The highest BCUT2D eigenvalue weighted by Crippen LogP contribution is 2.24. The van der Waals surface area contributed by atoms with Gasteiger partial charge in [-0.1, -0.05) is 12.1 Å². The summed E-state index contributed by atoms with van der Waals surface area (Å²) < 4.78 is 7.35. The molecule has 0 radical (unpaired) electrons. The molecule has 3 aromatic carbocycles. The van der Waals surface area contributed by atoms with Crippen molar-refractivity contribution >= 4 is 29.1 Å². The zero-order valence-electron chi connectivity index (χ0n) is 20.9. The number of hydrogen-bond donors (Lipinski definition) is 3. The molecular weight excluding hydrogens is 468 g/mol. The van der Waals surface area contributed by atoms with Gasteiger partial charge in [-0.25, -0.2) is 0 Å². The van der Waals surface area contributed by atoms with Crippen LogP contribution in [0.25, 0.3) is 5.69 Å². The Labute approximate surface area is 215 Å². The van der Waals surface area contributed by atoms with E-state index >= 15 is 0 Å². The molecular formula is C29H28N4O4. The fraction of sp³-hybridized carbons (Fsp3) is 0.138. The van der Waals surface area contributed by atoms with Crippen molar-refractivity contribution in [3.8, 4) is 11.4 Å². The maximum Gasteiger partial charge on any atom is 0.255 e. The Morgan fingerprint density at radius 1 is 0.730 bits per heavy atom. The predicted molar refractivity (Wildman–Crippen MR) is 144 cm³/mol. The van der Waals surface area contributed by atoms with Gasteiger partial charge in [-0.15, -0.1) is 0 Å². The summed E-state index contributed by atoms with van der Waals surface area (Å²) in [6.07, 6.45) is 0. The van der Waals surface area contributed by atoms with Crippen LogP contribution in [0.2, 0.25) is 0 Å². The van der Waals surface area contributed by atoms with E-state index in [0.717, 1.165) is 17.1 Å². The van der Waals surface area contributed by atoms with E-state index in [4.69, 9.17) is 4.74 Å². The van der Waals surface area contributed by atoms with Crippen molar-refractivity contribution in [3.05, 3.63) is 107 Å². The molecule has 4 aromatic rings. The van der Waals surface area contributed by atoms with Gasteiger partial charge in [0.2, 0.25) is 5.91 Å². The molecule has 8 heteroatoms. The smallest absolute Gasteiger partial charge is 0.255 e. The number of carbonyl (C=O) groups excluding carboxylic acids is 3. The van der Waals surface area contributed by atoms with Crippen molar-refractivity contribution in [2.24, 2.45) is 0 Å². The molecule has 8 nitrogen and oxygen atoms in total. The molecule has 0 saturated heterocycles. The van der Waals surface area contributed by atoms with Gasteiger partial charge >= 0.3 is 0 Å². The molecule has 1 heterocycles. The largest absolute Gasteiger partial charge is 0.495 e. The van der Waals surface area contributed by atoms with Gasteiger partial charge in [0, 0.05) is 33.9 Å². The van der Waals surface area contributed by atoms with Gasteiger partial charge in [-0.2, -0.15) is 0 Å². The minimum atomic E-state index is -0.380. The molecule has 188 valence electrons. The zero-order valence-corrected chi connectivity index (χ0v) is 20.9. The molecule has 4 rings (SSSR count). The number of aryl methyl sites for hydroxylation is 2. The number of para-hydroxylation sites is 2. The van der Waals surface area contributed by atoms with Crippen LogP contribution in [0.5, 0.6) is 5.75 Å². The second-order valence-corrected chi connectivity index (χ2v) is 8.46. The van der Waals surface area contributed by atoms with Gasteiger partial charge in [0.05, 0.1) is 19.3 Å². The van der Waals surface area contributed by atoms with E-state index in [0.29, 0.717) is 28.3 Å². The third-order valence-corrected chi connectivity index (χ3v) is 5.85. The summed E-state index contributed by atoms with van der Waals surface area (Å²) in [6, 6.07) is 24.9. The van der Waals surface area contributed by atoms with Crippen LogP contribution >= 0.6 is 0 Å².